The second kappa shape index (κ2) is 7.19. The molecule has 0 spiro atoms. The molecule has 1 aliphatic heterocycles. The molecule has 0 aliphatic carbocycles. The molecule has 1 aromatic carbocycles. The molecule has 0 atom stereocenters. The lowest BCUT2D eigenvalue weighted by molar-refractivity contribution is 0.0740. The van der Waals surface area contributed by atoms with E-state index >= 15 is 0 Å². The van der Waals surface area contributed by atoms with Crippen LogP contribution in [0.4, 0.5) is 5.69 Å². The molecule has 7 nitrogen and oxygen atoms in total. The lowest BCUT2D eigenvalue weighted by Crippen LogP contribution is -2.49. The summed E-state index contributed by atoms with van der Waals surface area (Å²) in [6, 6.07) is 13.4. The fourth-order valence-corrected chi connectivity index (χ4v) is 3.43. The van der Waals surface area contributed by atoms with Crippen molar-refractivity contribution in [2.75, 3.05) is 38.2 Å². The van der Waals surface area contributed by atoms with Crippen molar-refractivity contribution in [2.24, 2.45) is 7.05 Å². The molecular formula is C20H22N4O3. The Labute approximate surface area is 157 Å². The number of aromatic nitrogens is 2. The van der Waals surface area contributed by atoms with Crippen LogP contribution in [0, 0.1) is 0 Å². The van der Waals surface area contributed by atoms with Crippen molar-refractivity contribution < 1.29 is 13.9 Å². The van der Waals surface area contributed by atoms with E-state index in [9.17, 15) is 4.79 Å². The van der Waals surface area contributed by atoms with Gasteiger partial charge in [0.2, 0.25) is 0 Å². The number of para-hydroxylation sites is 2. The third kappa shape index (κ3) is 3.28. The normalized spacial score (nSPS) is 14.4. The van der Waals surface area contributed by atoms with Crippen LogP contribution in [0.5, 0.6) is 5.75 Å². The zero-order valence-corrected chi connectivity index (χ0v) is 15.5. The first-order valence-corrected chi connectivity index (χ1v) is 8.92. The molecule has 0 bridgehead atoms. The Balaban J connectivity index is 1.46. The zero-order chi connectivity index (χ0) is 18.8. The van der Waals surface area contributed by atoms with Gasteiger partial charge in [0.1, 0.15) is 11.4 Å². The van der Waals surface area contributed by atoms with Crippen molar-refractivity contribution in [1.82, 2.24) is 14.7 Å². The number of piperazine rings is 1. The van der Waals surface area contributed by atoms with Crippen LogP contribution in [0.2, 0.25) is 0 Å². The van der Waals surface area contributed by atoms with Crippen molar-refractivity contribution in [3.63, 3.8) is 0 Å². The highest BCUT2D eigenvalue weighted by molar-refractivity contribution is 5.93. The first-order valence-electron chi connectivity index (χ1n) is 8.92. The van der Waals surface area contributed by atoms with Crippen LogP contribution in [0.3, 0.4) is 0 Å². The molecule has 1 amide bonds. The number of benzene rings is 1. The summed E-state index contributed by atoms with van der Waals surface area (Å²) >= 11 is 0. The van der Waals surface area contributed by atoms with Gasteiger partial charge in [-0.15, -0.1) is 0 Å². The predicted octanol–water partition coefficient (Wildman–Crippen LogP) is 2.65. The average molecular weight is 366 g/mol. The molecule has 0 radical (unpaired) electrons. The van der Waals surface area contributed by atoms with Gasteiger partial charge in [0.25, 0.3) is 5.91 Å². The number of carbonyl (C=O) groups excluding carboxylic acids is 1. The van der Waals surface area contributed by atoms with Gasteiger partial charge in [0.15, 0.2) is 11.5 Å². The van der Waals surface area contributed by atoms with Gasteiger partial charge in [-0.05, 0) is 24.3 Å². The van der Waals surface area contributed by atoms with Crippen LogP contribution in [0.1, 0.15) is 10.5 Å². The number of anilines is 1. The highest BCUT2D eigenvalue weighted by Crippen LogP contribution is 2.28. The minimum Gasteiger partial charge on any atom is -0.495 e. The number of rotatable bonds is 4. The molecule has 3 heterocycles. The second-order valence-electron chi connectivity index (χ2n) is 6.47. The molecule has 0 saturated carbocycles. The highest BCUT2D eigenvalue weighted by atomic mass is 16.5. The molecule has 7 heteroatoms. The maximum Gasteiger partial charge on any atom is 0.274 e. The molecule has 140 valence electrons. The summed E-state index contributed by atoms with van der Waals surface area (Å²) in [6.45, 7) is 2.79. The smallest absolute Gasteiger partial charge is 0.274 e. The Hall–Kier alpha value is -3.22. The van der Waals surface area contributed by atoms with Gasteiger partial charge in [-0.25, -0.2) is 0 Å². The summed E-state index contributed by atoms with van der Waals surface area (Å²) in [6.07, 6.45) is 1.61. The van der Waals surface area contributed by atoms with E-state index in [-0.39, 0.29) is 5.91 Å². The second-order valence-corrected chi connectivity index (χ2v) is 6.47. The fourth-order valence-electron chi connectivity index (χ4n) is 3.43. The fraction of sp³-hybridized carbons (Fsp3) is 0.300. The SMILES string of the molecule is COc1ccccc1N1CCN(C(=O)c2cc(-c3ccco3)n(C)n2)CC1. The first-order chi connectivity index (χ1) is 13.2. The van der Waals surface area contributed by atoms with Gasteiger partial charge < -0.3 is 19.0 Å². The number of methoxy groups -OCH3 is 1. The number of ether oxygens (including phenoxy) is 1. The van der Waals surface area contributed by atoms with Crippen molar-refractivity contribution in [2.45, 2.75) is 0 Å². The van der Waals surface area contributed by atoms with Gasteiger partial charge >= 0.3 is 0 Å². The lowest BCUT2D eigenvalue weighted by atomic mass is 10.2. The van der Waals surface area contributed by atoms with E-state index in [1.807, 2.05) is 48.3 Å². The molecule has 1 saturated heterocycles. The quantitative estimate of drug-likeness (QED) is 0.710. The third-order valence-electron chi connectivity index (χ3n) is 4.87. The van der Waals surface area contributed by atoms with Gasteiger partial charge in [0, 0.05) is 39.3 Å². The van der Waals surface area contributed by atoms with Crippen molar-refractivity contribution in [3.05, 3.63) is 54.4 Å². The molecule has 1 fully saturated rings. The third-order valence-corrected chi connectivity index (χ3v) is 4.87. The van der Waals surface area contributed by atoms with E-state index in [0.29, 0.717) is 24.5 Å². The summed E-state index contributed by atoms with van der Waals surface area (Å²) < 4.78 is 12.5. The van der Waals surface area contributed by atoms with Crippen LogP contribution in [-0.4, -0.2) is 53.9 Å². The number of aryl methyl sites for hydroxylation is 1. The summed E-state index contributed by atoms with van der Waals surface area (Å²) in [4.78, 5) is 17.0. The maximum absolute atomic E-state index is 12.9. The monoisotopic (exact) mass is 366 g/mol. The molecule has 2 aromatic heterocycles. The van der Waals surface area contributed by atoms with Crippen LogP contribution >= 0.6 is 0 Å². The van der Waals surface area contributed by atoms with E-state index < -0.39 is 0 Å². The van der Waals surface area contributed by atoms with E-state index in [4.69, 9.17) is 9.15 Å². The van der Waals surface area contributed by atoms with Crippen LogP contribution < -0.4 is 9.64 Å². The first kappa shape index (κ1) is 17.2. The summed E-state index contributed by atoms with van der Waals surface area (Å²) in [5.41, 5.74) is 2.29. The van der Waals surface area contributed by atoms with Gasteiger partial charge in [-0.2, -0.15) is 5.10 Å². The predicted molar refractivity (Wildman–Crippen MR) is 102 cm³/mol. The molecule has 1 aliphatic rings. The number of amides is 1. The van der Waals surface area contributed by atoms with Gasteiger partial charge in [0.05, 0.1) is 19.1 Å². The summed E-state index contributed by atoms with van der Waals surface area (Å²) in [7, 11) is 3.49. The minimum atomic E-state index is -0.0527. The molecule has 3 aromatic rings. The zero-order valence-electron chi connectivity index (χ0n) is 15.5. The molecular weight excluding hydrogens is 344 g/mol. The number of hydrogen-bond acceptors (Lipinski definition) is 5. The Morgan fingerprint density at radius 1 is 1.11 bits per heavy atom. The van der Waals surface area contributed by atoms with Gasteiger partial charge in [-0.3, -0.25) is 9.48 Å². The van der Waals surface area contributed by atoms with Crippen LogP contribution in [0.25, 0.3) is 11.5 Å². The number of carbonyl (C=O) groups is 1. The number of nitrogens with zero attached hydrogens (tertiary/aromatic N) is 4. The van der Waals surface area contributed by atoms with Crippen LogP contribution in [-0.2, 0) is 7.05 Å². The maximum atomic E-state index is 12.9. The molecule has 0 unspecified atom stereocenters. The molecule has 4 rings (SSSR count). The van der Waals surface area contributed by atoms with E-state index in [1.165, 1.54) is 0 Å². The largest absolute Gasteiger partial charge is 0.495 e. The van der Waals surface area contributed by atoms with E-state index in [1.54, 1.807) is 24.1 Å². The van der Waals surface area contributed by atoms with Crippen molar-refractivity contribution in [3.8, 4) is 17.2 Å². The summed E-state index contributed by atoms with van der Waals surface area (Å²) in [5, 5.41) is 4.38. The Morgan fingerprint density at radius 3 is 2.59 bits per heavy atom. The van der Waals surface area contributed by atoms with Crippen molar-refractivity contribution >= 4 is 11.6 Å². The Kier molecular flexibility index (Phi) is 4.58. The number of hydrogen-bond donors (Lipinski definition) is 0. The van der Waals surface area contributed by atoms with Crippen molar-refractivity contribution in [1.29, 1.82) is 0 Å². The topological polar surface area (TPSA) is 63.7 Å². The Bertz CT molecular complexity index is 925. The van der Waals surface area contributed by atoms with E-state index in [2.05, 4.69) is 10.00 Å². The molecule has 0 N–H and O–H groups in total. The standard InChI is InChI=1S/C20H22N4O3/c1-22-17(19-8-5-13-27-19)14-15(21-22)20(25)24-11-9-23(10-12-24)16-6-3-4-7-18(16)26-2/h3-8,13-14H,9-12H2,1-2H3. The summed E-state index contributed by atoms with van der Waals surface area (Å²) in [5.74, 6) is 1.50. The van der Waals surface area contributed by atoms with Gasteiger partial charge in [-0.1, -0.05) is 12.1 Å². The Morgan fingerprint density at radius 2 is 1.89 bits per heavy atom. The van der Waals surface area contributed by atoms with E-state index in [0.717, 1.165) is 30.2 Å². The number of furan rings is 1. The average Bonchev–Trinajstić information content (AvgIpc) is 3.37. The molecule has 27 heavy (non-hydrogen) atoms. The lowest BCUT2D eigenvalue weighted by Gasteiger charge is -2.36. The highest BCUT2D eigenvalue weighted by Gasteiger charge is 2.26. The minimum absolute atomic E-state index is 0.0527. The van der Waals surface area contributed by atoms with Crippen LogP contribution in [0.15, 0.2) is 53.1 Å².